The summed E-state index contributed by atoms with van der Waals surface area (Å²) < 4.78 is 3.41. The van der Waals surface area contributed by atoms with Crippen molar-refractivity contribution in [3.8, 4) is 0 Å². The fourth-order valence-electron chi connectivity index (χ4n) is 0.105. The number of ether oxygens (including phenoxy) is 1. The first-order chi connectivity index (χ1) is 3.63. The van der Waals surface area contributed by atoms with E-state index in [1.807, 2.05) is 0 Å². The molecule has 8 heavy (non-hydrogen) atoms. The molecule has 0 aliphatic heterocycles. The van der Waals surface area contributed by atoms with Crippen LogP contribution in [0.2, 0.25) is 0 Å². The molecule has 0 saturated heterocycles. The van der Waals surface area contributed by atoms with Crippen LogP contribution in [0.5, 0.6) is 0 Å². The Hall–Kier alpha value is -1.33. The molecular weight excluding hydrogens is 118 g/mol. The Bertz CT molecular complexity index is 95.0. The lowest BCUT2D eigenvalue weighted by Crippen LogP contribution is -2.08. The van der Waals surface area contributed by atoms with Gasteiger partial charge in [0, 0.05) is 0 Å². The second-order valence-electron chi connectivity index (χ2n) is 0.856. The lowest BCUT2D eigenvalue weighted by atomic mass is 11.2. The van der Waals surface area contributed by atoms with E-state index in [0.29, 0.717) is 0 Å². The van der Waals surface area contributed by atoms with Crippen LogP contribution in [-0.2, 0) is 9.84 Å². The predicted molar refractivity (Wildman–Crippen MR) is 19.0 cm³/mol. The summed E-state index contributed by atoms with van der Waals surface area (Å²) in [6.07, 6.45) is -1.89. The van der Waals surface area contributed by atoms with Crippen molar-refractivity contribution in [2.75, 3.05) is 6.73 Å². The van der Waals surface area contributed by atoms with E-state index in [1.54, 1.807) is 0 Å². The highest BCUT2D eigenvalue weighted by atomic mass is 16.7. The Kier molecular flexibility index (Phi) is 2.32. The van der Waals surface area contributed by atoms with E-state index in [-0.39, 0.29) is 0 Å². The van der Waals surface area contributed by atoms with Gasteiger partial charge < -0.3 is 4.74 Å². The Morgan fingerprint density at radius 1 is 1.75 bits per heavy atom. The summed E-state index contributed by atoms with van der Waals surface area (Å²) >= 11 is 0. The van der Waals surface area contributed by atoms with Crippen molar-refractivity contribution in [1.29, 1.82) is 0 Å². The largest absolute Gasteiger partial charge is 0.555 e. The van der Waals surface area contributed by atoms with Crippen LogP contribution >= 0.6 is 0 Å². The molecule has 0 fully saturated rings. The van der Waals surface area contributed by atoms with E-state index in [9.17, 15) is 20.0 Å². The van der Waals surface area contributed by atoms with Crippen LogP contribution in [-0.4, -0.2) is 17.8 Å². The fraction of sp³-hybridized carbons (Fsp3) is 0.500. The number of nitro groups is 1. The topological polar surface area (TPSA) is 89.3 Å². The molecule has 0 heterocycles. The molecular formula is C2H2NO5. The average Bonchev–Trinajstić information content (AvgIpc) is 1.61. The molecule has 0 atom stereocenters. The predicted octanol–water partition coefficient (Wildman–Crippen LogP) is -0.212. The summed E-state index contributed by atoms with van der Waals surface area (Å²) in [5.74, 6) is 0. The first kappa shape index (κ1) is 6.67. The second-order valence-corrected chi connectivity index (χ2v) is 0.856. The van der Waals surface area contributed by atoms with E-state index in [1.165, 1.54) is 0 Å². The summed E-state index contributed by atoms with van der Waals surface area (Å²) in [6, 6.07) is 0. The molecule has 0 aromatic carbocycles. The lowest BCUT2D eigenvalue weighted by Gasteiger charge is -1.86. The first-order valence-corrected chi connectivity index (χ1v) is 1.58. The van der Waals surface area contributed by atoms with Crippen LogP contribution in [0.4, 0.5) is 4.79 Å². The van der Waals surface area contributed by atoms with Gasteiger partial charge in [-0.2, -0.15) is 9.90 Å². The molecule has 0 bridgehead atoms. The third kappa shape index (κ3) is 4.67. The van der Waals surface area contributed by atoms with Crippen molar-refractivity contribution >= 4 is 6.16 Å². The van der Waals surface area contributed by atoms with Gasteiger partial charge >= 0.3 is 12.9 Å². The van der Waals surface area contributed by atoms with Gasteiger partial charge in [-0.3, -0.25) is 10.1 Å². The molecule has 0 spiro atoms. The van der Waals surface area contributed by atoms with Crippen LogP contribution in [0.1, 0.15) is 0 Å². The molecule has 0 aliphatic rings. The van der Waals surface area contributed by atoms with E-state index in [0.717, 1.165) is 0 Å². The molecule has 0 amide bonds. The molecule has 45 valence electrons. The third-order valence-corrected chi connectivity index (χ3v) is 0.288. The molecule has 1 radical (unpaired) electrons. The zero-order chi connectivity index (χ0) is 6.57. The van der Waals surface area contributed by atoms with E-state index in [2.05, 4.69) is 4.74 Å². The summed E-state index contributed by atoms with van der Waals surface area (Å²) in [7, 11) is 0. The van der Waals surface area contributed by atoms with Gasteiger partial charge in [-0.1, -0.05) is 0 Å². The van der Waals surface area contributed by atoms with Crippen molar-refractivity contribution in [3.63, 3.8) is 0 Å². The molecule has 0 saturated carbocycles. The average molecular weight is 120 g/mol. The summed E-state index contributed by atoms with van der Waals surface area (Å²) in [4.78, 5) is 17.6. The van der Waals surface area contributed by atoms with Gasteiger partial charge in [-0.05, 0) is 0 Å². The number of hydrogen-bond acceptors (Lipinski definition) is 4. The molecule has 0 N–H and O–H groups in total. The maximum absolute atomic E-state index is 9.29. The van der Waals surface area contributed by atoms with Gasteiger partial charge in [-0.15, -0.1) is 0 Å². The summed E-state index contributed by atoms with van der Waals surface area (Å²) in [5.41, 5.74) is 0. The minimum absolute atomic E-state index is 0.921. The van der Waals surface area contributed by atoms with E-state index < -0.39 is 17.8 Å². The third-order valence-electron chi connectivity index (χ3n) is 0.288. The van der Waals surface area contributed by atoms with Crippen molar-refractivity contribution < 1.29 is 19.6 Å². The highest BCUT2D eigenvalue weighted by Gasteiger charge is 2.02. The zero-order valence-electron chi connectivity index (χ0n) is 3.70. The fourth-order valence-corrected chi connectivity index (χ4v) is 0.105. The van der Waals surface area contributed by atoms with Crippen molar-refractivity contribution in [2.24, 2.45) is 0 Å². The number of carbonyl (C=O) groups excluding carboxylic acids is 1. The van der Waals surface area contributed by atoms with Crippen molar-refractivity contribution in [3.05, 3.63) is 10.1 Å². The molecule has 0 aromatic rings. The number of hydrogen-bond donors (Lipinski definition) is 0. The smallest absolute Gasteiger partial charge is 0.366 e. The monoisotopic (exact) mass is 120 g/mol. The van der Waals surface area contributed by atoms with Gasteiger partial charge in [0.1, 0.15) is 0 Å². The zero-order valence-corrected chi connectivity index (χ0v) is 3.70. The molecule has 6 nitrogen and oxygen atoms in total. The SMILES string of the molecule is [O]C(=O)OC[N+](=O)[O-]. The standard InChI is InChI=1S/C2H2NO5/c4-2(5)8-1-3(6)7/h1H2. The number of nitrogens with zero attached hydrogens (tertiary/aromatic N) is 1. The van der Waals surface area contributed by atoms with Gasteiger partial charge in [0.05, 0.1) is 4.92 Å². The van der Waals surface area contributed by atoms with Crippen molar-refractivity contribution in [1.82, 2.24) is 0 Å². The molecule has 6 heteroatoms. The Morgan fingerprint density at radius 2 is 2.25 bits per heavy atom. The highest BCUT2D eigenvalue weighted by Crippen LogP contribution is 1.75. The first-order valence-electron chi connectivity index (χ1n) is 1.58. The summed E-state index contributed by atoms with van der Waals surface area (Å²) in [5, 5.41) is 18.6. The van der Waals surface area contributed by atoms with E-state index in [4.69, 9.17) is 0 Å². The Labute approximate surface area is 43.8 Å². The minimum Gasteiger partial charge on any atom is -0.366 e. The quantitative estimate of drug-likeness (QED) is 0.218. The number of carbonyl (C=O) groups is 1. The molecule has 0 aliphatic carbocycles. The second kappa shape index (κ2) is 2.78. The Balaban J connectivity index is 3.18. The normalized spacial score (nSPS) is 8.00. The van der Waals surface area contributed by atoms with Gasteiger partial charge in [0.15, 0.2) is 0 Å². The number of rotatable bonds is 2. The van der Waals surface area contributed by atoms with Gasteiger partial charge in [-0.25, -0.2) is 0 Å². The van der Waals surface area contributed by atoms with Crippen molar-refractivity contribution in [2.45, 2.75) is 0 Å². The van der Waals surface area contributed by atoms with Crippen LogP contribution in [0.3, 0.4) is 0 Å². The van der Waals surface area contributed by atoms with Crippen LogP contribution in [0.25, 0.3) is 0 Å². The summed E-state index contributed by atoms with van der Waals surface area (Å²) in [6.45, 7) is -1.05. The van der Waals surface area contributed by atoms with Gasteiger partial charge in [0.2, 0.25) is 0 Å². The Morgan fingerprint density at radius 3 is 2.38 bits per heavy atom. The molecule has 0 unspecified atom stereocenters. The van der Waals surface area contributed by atoms with Crippen LogP contribution in [0.15, 0.2) is 0 Å². The minimum atomic E-state index is -1.89. The van der Waals surface area contributed by atoms with E-state index >= 15 is 0 Å². The molecule has 0 aromatic heterocycles. The van der Waals surface area contributed by atoms with Gasteiger partial charge in [0.25, 0.3) is 0 Å². The maximum Gasteiger partial charge on any atom is 0.555 e. The van der Waals surface area contributed by atoms with Crippen LogP contribution in [0, 0.1) is 10.1 Å². The lowest BCUT2D eigenvalue weighted by molar-refractivity contribution is -0.519. The maximum atomic E-state index is 9.29. The van der Waals surface area contributed by atoms with Crippen LogP contribution < -0.4 is 0 Å². The highest BCUT2D eigenvalue weighted by molar-refractivity contribution is 5.55. The molecule has 0 rings (SSSR count).